The first-order chi connectivity index (χ1) is 4.54. The largest absolute Gasteiger partial charge is 0.534 e. The summed E-state index contributed by atoms with van der Waals surface area (Å²) in [6.07, 6.45) is -0.445. The Labute approximate surface area is 62.1 Å². The summed E-state index contributed by atoms with van der Waals surface area (Å²) in [5.74, 6) is 0. The van der Waals surface area contributed by atoms with E-state index in [9.17, 15) is 4.57 Å². The van der Waals surface area contributed by atoms with Gasteiger partial charge in [-0.05, 0) is 11.5 Å². The van der Waals surface area contributed by atoms with Crippen LogP contribution in [0.3, 0.4) is 0 Å². The van der Waals surface area contributed by atoms with Gasteiger partial charge in [0, 0.05) is 14.1 Å². The van der Waals surface area contributed by atoms with Gasteiger partial charge in [0.2, 0.25) is 0 Å². The Bertz CT molecular complexity index is 116. The van der Waals surface area contributed by atoms with Gasteiger partial charge in [-0.2, -0.15) is 0 Å². The van der Waals surface area contributed by atoms with Gasteiger partial charge in [-0.15, -0.1) is 0 Å². The minimum absolute atomic E-state index is 0.368. The molecule has 0 radical (unpaired) electrons. The fourth-order valence-electron chi connectivity index (χ4n) is 0.352. The lowest BCUT2D eigenvalue weighted by atomic mass is 10.4. The molecule has 0 rings (SSSR count). The van der Waals surface area contributed by atoms with Crippen LogP contribution in [0.25, 0.3) is 0 Å². The molecule has 5 heteroatoms. The zero-order valence-electron chi connectivity index (χ0n) is 6.53. The average Bonchev–Trinajstić information content (AvgIpc) is 1.82. The molecule has 60 valence electrons. The molecule has 0 amide bonds. The summed E-state index contributed by atoms with van der Waals surface area (Å²) >= 11 is 0. The molecule has 0 saturated heterocycles. The standard InChI is InChI=1S/C5H14N2O2P/c1-5(8)4-6-10(9)7(2)3/h5,8H,4H2,1-3H3,(H,6,9)/q+1. The van der Waals surface area contributed by atoms with Crippen molar-refractivity contribution in [2.75, 3.05) is 20.6 Å². The number of hydrogen-bond donors (Lipinski definition) is 2. The van der Waals surface area contributed by atoms with Crippen molar-refractivity contribution in [3.05, 3.63) is 0 Å². The molecular formula is C5H14N2O2P+. The second-order valence-corrected chi connectivity index (χ2v) is 3.99. The van der Waals surface area contributed by atoms with Crippen molar-refractivity contribution in [3.8, 4) is 0 Å². The van der Waals surface area contributed by atoms with Crippen LogP contribution in [0.2, 0.25) is 0 Å². The van der Waals surface area contributed by atoms with Gasteiger partial charge in [-0.3, -0.25) is 0 Å². The van der Waals surface area contributed by atoms with Gasteiger partial charge in [-0.25, -0.2) is 0 Å². The number of aliphatic hydroxyl groups excluding tert-OH is 1. The number of hydrogen-bond acceptors (Lipinski definition) is 2. The summed E-state index contributed by atoms with van der Waals surface area (Å²) in [4.78, 5) is 0. The molecule has 0 aliphatic carbocycles. The molecule has 0 bridgehead atoms. The van der Waals surface area contributed by atoms with E-state index < -0.39 is 14.2 Å². The molecule has 0 aliphatic rings. The summed E-state index contributed by atoms with van der Waals surface area (Å²) in [5, 5.41) is 11.4. The summed E-state index contributed by atoms with van der Waals surface area (Å²) in [5.41, 5.74) is 0. The second-order valence-electron chi connectivity index (χ2n) is 2.33. The van der Waals surface area contributed by atoms with Gasteiger partial charge < -0.3 is 5.11 Å². The van der Waals surface area contributed by atoms with Crippen LogP contribution < -0.4 is 5.09 Å². The quantitative estimate of drug-likeness (QED) is 0.583. The maximum absolute atomic E-state index is 10.9. The third kappa shape index (κ3) is 4.82. The van der Waals surface area contributed by atoms with Crippen molar-refractivity contribution in [1.82, 2.24) is 9.76 Å². The minimum Gasteiger partial charge on any atom is -0.392 e. The summed E-state index contributed by atoms with van der Waals surface area (Å²) < 4.78 is 12.5. The molecule has 2 unspecified atom stereocenters. The topological polar surface area (TPSA) is 52.6 Å². The van der Waals surface area contributed by atoms with Gasteiger partial charge in [0.25, 0.3) is 0 Å². The van der Waals surface area contributed by atoms with Crippen molar-refractivity contribution >= 4 is 8.10 Å². The Balaban J connectivity index is 3.40. The van der Waals surface area contributed by atoms with Crippen molar-refractivity contribution in [3.63, 3.8) is 0 Å². The predicted octanol–water partition coefficient (Wildman–Crippen LogP) is 0.176. The molecule has 0 heterocycles. The molecule has 0 saturated carbocycles. The molecule has 2 N–H and O–H groups in total. The Morgan fingerprint density at radius 3 is 2.50 bits per heavy atom. The monoisotopic (exact) mass is 165 g/mol. The summed E-state index contributed by atoms with van der Waals surface area (Å²) in [7, 11) is 1.93. The summed E-state index contributed by atoms with van der Waals surface area (Å²) in [6, 6.07) is 0. The molecule has 4 nitrogen and oxygen atoms in total. The van der Waals surface area contributed by atoms with Gasteiger partial charge in [0.15, 0.2) is 0 Å². The van der Waals surface area contributed by atoms with Crippen LogP contribution in [0.5, 0.6) is 0 Å². The van der Waals surface area contributed by atoms with Crippen LogP contribution in [0, 0.1) is 0 Å². The number of nitrogens with zero attached hydrogens (tertiary/aromatic N) is 1. The Morgan fingerprint density at radius 1 is 1.70 bits per heavy atom. The van der Waals surface area contributed by atoms with Gasteiger partial charge in [-0.1, -0.05) is 9.76 Å². The highest BCUT2D eigenvalue weighted by Crippen LogP contribution is 2.15. The molecule has 0 aromatic heterocycles. The van der Waals surface area contributed by atoms with E-state index in [2.05, 4.69) is 5.09 Å². The van der Waals surface area contributed by atoms with Crippen LogP contribution in [0.1, 0.15) is 6.92 Å². The normalized spacial score (nSPS) is 15.5. The molecular weight excluding hydrogens is 151 g/mol. The lowest BCUT2D eigenvalue weighted by molar-refractivity contribution is 0.198. The zero-order valence-corrected chi connectivity index (χ0v) is 7.43. The van der Waals surface area contributed by atoms with E-state index in [-0.39, 0.29) is 0 Å². The predicted molar refractivity (Wildman–Crippen MR) is 41.0 cm³/mol. The Hall–Kier alpha value is -0.0200. The molecule has 0 spiro atoms. The molecule has 0 aliphatic heterocycles. The average molecular weight is 165 g/mol. The van der Waals surface area contributed by atoms with E-state index in [1.165, 1.54) is 0 Å². The molecule has 2 atom stereocenters. The highest BCUT2D eigenvalue weighted by molar-refractivity contribution is 7.39. The van der Waals surface area contributed by atoms with Gasteiger partial charge >= 0.3 is 8.10 Å². The van der Waals surface area contributed by atoms with Crippen molar-refractivity contribution in [2.45, 2.75) is 13.0 Å². The van der Waals surface area contributed by atoms with Crippen molar-refractivity contribution in [2.24, 2.45) is 0 Å². The first-order valence-corrected chi connectivity index (χ1v) is 4.31. The number of nitrogens with one attached hydrogen (secondary N) is 1. The fourth-order valence-corrected chi connectivity index (χ4v) is 1.05. The van der Waals surface area contributed by atoms with Crippen LogP contribution in [0.4, 0.5) is 0 Å². The maximum Gasteiger partial charge on any atom is 0.534 e. The highest BCUT2D eigenvalue weighted by atomic mass is 31.1. The molecule has 0 fully saturated rings. The van der Waals surface area contributed by atoms with E-state index >= 15 is 0 Å². The van der Waals surface area contributed by atoms with E-state index in [1.54, 1.807) is 25.7 Å². The number of rotatable bonds is 4. The molecule has 10 heavy (non-hydrogen) atoms. The van der Waals surface area contributed by atoms with Crippen LogP contribution in [-0.4, -0.2) is 36.5 Å². The maximum atomic E-state index is 10.9. The Kier molecular flexibility index (Phi) is 4.73. The third-order valence-corrected chi connectivity index (χ3v) is 2.06. The zero-order chi connectivity index (χ0) is 8.15. The minimum atomic E-state index is -1.50. The second kappa shape index (κ2) is 4.74. The smallest absolute Gasteiger partial charge is 0.392 e. The van der Waals surface area contributed by atoms with Crippen LogP contribution in [0.15, 0.2) is 0 Å². The van der Waals surface area contributed by atoms with Gasteiger partial charge in [0.05, 0.1) is 12.6 Å². The number of aliphatic hydroxyl groups is 1. The molecule has 0 aromatic rings. The van der Waals surface area contributed by atoms with Gasteiger partial charge in [0.1, 0.15) is 0 Å². The van der Waals surface area contributed by atoms with E-state index in [0.717, 1.165) is 0 Å². The lowest BCUT2D eigenvalue weighted by Gasteiger charge is -1.99. The van der Waals surface area contributed by atoms with E-state index in [4.69, 9.17) is 5.11 Å². The third-order valence-electron chi connectivity index (χ3n) is 0.885. The summed E-state index contributed by atoms with van der Waals surface area (Å²) in [6.45, 7) is 2.01. The fraction of sp³-hybridized carbons (Fsp3) is 1.00. The van der Waals surface area contributed by atoms with E-state index in [1.807, 2.05) is 0 Å². The Morgan fingerprint density at radius 2 is 2.20 bits per heavy atom. The first-order valence-electron chi connectivity index (χ1n) is 3.10. The SMILES string of the molecule is CC(O)CN[P+](=O)N(C)C. The molecule has 0 aromatic carbocycles. The van der Waals surface area contributed by atoms with Crippen molar-refractivity contribution < 1.29 is 9.67 Å². The first kappa shape index (κ1) is 9.98. The highest BCUT2D eigenvalue weighted by Gasteiger charge is 2.18. The van der Waals surface area contributed by atoms with E-state index in [0.29, 0.717) is 6.54 Å². The van der Waals surface area contributed by atoms with Crippen molar-refractivity contribution in [1.29, 1.82) is 0 Å². The van der Waals surface area contributed by atoms with Crippen LogP contribution >= 0.6 is 8.10 Å². The lowest BCUT2D eigenvalue weighted by Crippen LogP contribution is -2.22. The van der Waals surface area contributed by atoms with Crippen LogP contribution in [-0.2, 0) is 4.57 Å².